The summed E-state index contributed by atoms with van der Waals surface area (Å²) in [7, 11) is 1.67. The van der Waals surface area contributed by atoms with Gasteiger partial charge in [0.15, 0.2) is 0 Å². The van der Waals surface area contributed by atoms with Crippen molar-refractivity contribution in [3.8, 4) is 5.75 Å². The maximum Gasteiger partial charge on any atom is 0.118 e. The standard InChI is InChI=1S/C14H16N2OS/c1-10(15)14-8-7-13(9-16-14)18-12-5-3-11(17-2)4-6-12/h3-10H,15H2,1-2H3. The molecule has 0 aliphatic rings. The van der Waals surface area contributed by atoms with E-state index in [2.05, 4.69) is 4.98 Å². The maximum absolute atomic E-state index is 5.77. The second-order valence-electron chi connectivity index (χ2n) is 3.99. The molecule has 1 unspecified atom stereocenters. The molecule has 0 aliphatic heterocycles. The third-order valence-electron chi connectivity index (χ3n) is 2.52. The molecule has 2 aromatic rings. The Kier molecular flexibility index (Phi) is 4.23. The predicted molar refractivity (Wildman–Crippen MR) is 74.0 cm³/mol. The van der Waals surface area contributed by atoms with E-state index in [1.165, 1.54) is 0 Å². The van der Waals surface area contributed by atoms with Gasteiger partial charge in [0, 0.05) is 22.0 Å². The third-order valence-corrected chi connectivity index (χ3v) is 3.51. The molecule has 0 spiro atoms. The topological polar surface area (TPSA) is 48.1 Å². The van der Waals surface area contributed by atoms with E-state index in [0.29, 0.717) is 0 Å². The highest BCUT2D eigenvalue weighted by atomic mass is 32.2. The molecule has 0 amide bonds. The molecule has 2 N–H and O–H groups in total. The van der Waals surface area contributed by atoms with E-state index in [1.807, 2.05) is 49.5 Å². The van der Waals surface area contributed by atoms with Crippen LogP contribution in [0.25, 0.3) is 0 Å². The van der Waals surface area contributed by atoms with Crippen LogP contribution in [0, 0.1) is 0 Å². The van der Waals surface area contributed by atoms with E-state index in [-0.39, 0.29) is 6.04 Å². The molecule has 1 aromatic heterocycles. The Morgan fingerprint density at radius 1 is 1.11 bits per heavy atom. The van der Waals surface area contributed by atoms with Crippen LogP contribution in [0.2, 0.25) is 0 Å². The molecule has 18 heavy (non-hydrogen) atoms. The van der Waals surface area contributed by atoms with Gasteiger partial charge in [-0.15, -0.1) is 0 Å². The first-order valence-electron chi connectivity index (χ1n) is 5.72. The molecule has 2 rings (SSSR count). The molecule has 3 nitrogen and oxygen atoms in total. The molecule has 0 aliphatic carbocycles. The van der Waals surface area contributed by atoms with Gasteiger partial charge in [0.2, 0.25) is 0 Å². The monoisotopic (exact) mass is 260 g/mol. The minimum Gasteiger partial charge on any atom is -0.497 e. The van der Waals surface area contributed by atoms with E-state index in [4.69, 9.17) is 10.5 Å². The first-order chi connectivity index (χ1) is 8.69. The molecule has 0 saturated carbocycles. The molecule has 94 valence electrons. The van der Waals surface area contributed by atoms with E-state index in [9.17, 15) is 0 Å². The fraction of sp³-hybridized carbons (Fsp3) is 0.214. The maximum atomic E-state index is 5.77. The van der Waals surface area contributed by atoms with Crippen LogP contribution in [0.5, 0.6) is 5.75 Å². The summed E-state index contributed by atoms with van der Waals surface area (Å²) in [5.74, 6) is 0.866. The summed E-state index contributed by atoms with van der Waals surface area (Å²) in [5, 5.41) is 0. The Labute approximate surface area is 111 Å². The molecule has 0 saturated heterocycles. The van der Waals surface area contributed by atoms with Crippen LogP contribution >= 0.6 is 11.8 Å². The van der Waals surface area contributed by atoms with Gasteiger partial charge in [-0.3, -0.25) is 4.98 Å². The van der Waals surface area contributed by atoms with Gasteiger partial charge in [-0.2, -0.15) is 0 Å². The number of aromatic nitrogens is 1. The summed E-state index contributed by atoms with van der Waals surface area (Å²) in [6.45, 7) is 1.93. The van der Waals surface area contributed by atoms with Gasteiger partial charge in [-0.1, -0.05) is 11.8 Å². The van der Waals surface area contributed by atoms with Gasteiger partial charge < -0.3 is 10.5 Å². The van der Waals surface area contributed by atoms with Crippen LogP contribution in [0.4, 0.5) is 0 Å². The average Bonchev–Trinajstić information content (AvgIpc) is 2.40. The van der Waals surface area contributed by atoms with E-state index in [0.717, 1.165) is 21.2 Å². The SMILES string of the molecule is COc1ccc(Sc2ccc(C(C)N)nc2)cc1. The summed E-state index contributed by atoms with van der Waals surface area (Å²) < 4.78 is 5.13. The normalized spacial score (nSPS) is 12.2. The van der Waals surface area contributed by atoms with E-state index < -0.39 is 0 Å². The molecular formula is C14H16N2OS. The average molecular weight is 260 g/mol. The Bertz CT molecular complexity index is 494. The van der Waals surface area contributed by atoms with Gasteiger partial charge >= 0.3 is 0 Å². The fourth-order valence-electron chi connectivity index (χ4n) is 1.50. The van der Waals surface area contributed by atoms with Crippen molar-refractivity contribution in [1.82, 2.24) is 4.98 Å². The van der Waals surface area contributed by atoms with Gasteiger partial charge in [0.1, 0.15) is 5.75 Å². The quantitative estimate of drug-likeness (QED) is 0.916. The van der Waals surface area contributed by atoms with Crippen LogP contribution in [0.15, 0.2) is 52.4 Å². The minimum absolute atomic E-state index is 0.0231. The number of benzene rings is 1. The Morgan fingerprint density at radius 3 is 2.28 bits per heavy atom. The van der Waals surface area contributed by atoms with Crippen molar-refractivity contribution in [3.63, 3.8) is 0 Å². The lowest BCUT2D eigenvalue weighted by molar-refractivity contribution is 0.414. The van der Waals surface area contributed by atoms with Crippen molar-refractivity contribution in [3.05, 3.63) is 48.3 Å². The molecule has 4 heteroatoms. The Hall–Kier alpha value is -1.52. The molecular weight excluding hydrogens is 244 g/mol. The van der Waals surface area contributed by atoms with Crippen molar-refractivity contribution >= 4 is 11.8 Å². The van der Waals surface area contributed by atoms with Crippen LogP contribution in [-0.2, 0) is 0 Å². The molecule has 1 aromatic carbocycles. The number of methoxy groups -OCH3 is 1. The van der Waals surface area contributed by atoms with Crippen LogP contribution in [0.1, 0.15) is 18.7 Å². The molecule has 0 bridgehead atoms. The van der Waals surface area contributed by atoms with Gasteiger partial charge in [-0.25, -0.2) is 0 Å². The fourth-order valence-corrected chi connectivity index (χ4v) is 2.29. The first kappa shape index (κ1) is 12.9. The highest BCUT2D eigenvalue weighted by Gasteiger charge is 2.02. The highest BCUT2D eigenvalue weighted by Crippen LogP contribution is 2.28. The largest absolute Gasteiger partial charge is 0.497 e. The van der Waals surface area contributed by atoms with Crippen LogP contribution in [0.3, 0.4) is 0 Å². The summed E-state index contributed by atoms with van der Waals surface area (Å²) in [6.07, 6.45) is 1.85. The summed E-state index contributed by atoms with van der Waals surface area (Å²) in [6, 6.07) is 12.0. The number of ether oxygens (including phenoxy) is 1. The molecule has 1 atom stereocenters. The third kappa shape index (κ3) is 3.24. The predicted octanol–water partition coefficient (Wildman–Crippen LogP) is 3.26. The Morgan fingerprint density at radius 2 is 1.78 bits per heavy atom. The second-order valence-corrected chi connectivity index (χ2v) is 5.13. The van der Waals surface area contributed by atoms with Gasteiger partial charge in [0.05, 0.1) is 12.8 Å². The number of nitrogens with zero attached hydrogens (tertiary/aromatic N) is 1. The van der Waals surface area contributed by atoms with Crippen molar-refractivity contribution in [2.75, 3.05) is 7.11 Å². The zero-order chi connectivity index (χ0) is 13.0. The molecule has 0 radical (unpaired) electrons. The van der Waals surface area contributed by atoms with Crippen LogP contribution in [-0.4, -0.2) is 12.1 Å². The summed E-state index contributed by atoms with van der Waals surface area (Å²) in [5.41, 5.74) is 6.68. The summed E-state index contributed by atoms with van der Waals surface area (Å²) in [4.78, 5) is 6.60. The Balaban J connectivity index is 2.08. The number of rotatable bonds is 4. The zero-order valence-corrected chi connectivity index (χ0v) is 11.3. The van der Waals surface area contributed by atoms with Gasteiger partial charge in [0.25, 0.3) is 0 Å². The molecule has 1 heterocycles. The molecule has 0 fully saturated rings. The van der Waals surface area contributed by atoms with E-state index in [1.54, 1.807) is 18.9 Å². The lowest BCUT2D eigenvalue weighted by atomic mass is 10.2. The lowest BCUT2D eigenvalue weighted by Gasteiger charge is -2.06. The second kappa shape index (κ2) is 5.89. The van der Waals surface area contributed by atoms with Crippen molar-refractivity contribution in [2.24, 2.45) is 5.73 Å². The summed E-state index contributed by atoms with van der Waals surface area (Å²) >= 11 is 1.67. The zero-order valence-electron chi connectivity index (χ0n) is 10.5. The lowest BCUT2D eigenvalue weighted by Crippen LogP contribution is -2.06. The smallest absolute Gasteiger partial charge is 0.118 e. The first-order valence-corrected chi connectivity index (χ1v) is 6.54. The van der Waals surface area contributed by atoms with Crippen molar-refractivity contribution in [2.45, 2.75) is 22.8 Å². The highest BCUT2D eigenvalue weighted by molar-refractivity contribution is 7.99. The number of hydrogen-bond acceptors (Lipinski definition) is 4. The number of pyridine rings is 1. The van der Waals surface area contributed by atoms with Crippen molar-refractivity contribution < 1.29 is 4.74 Å². The van der Waals surface area contributed by atoms with Gasteiger partial charge in [-0.05, 0) is 43.3 Å². The number of hydrogen-bond donors (Lipinski definition) is 1. The van der Waals surface area contributed by atoms with Crippen molar-refractivity contribution in [1.29, 1.82) is 0 Å². The van der Waals surface area contributed by atoms with Crippen LogP contribution < -0.4 is 10.5 Å². The number of nitrogens with two attached hydrogens (primary N) is 1. The minimum atomic E-state index is -0.0231. The van der Waals surface area contributed by atoms with E-state index >= 15 is 0 Å².